The van der Waals surface area contributed by atoms with Crippen molar-refractivity contribution in [2.45, 2.75) is 18.8 Å². The summed E-state index contributed by atoms with van der Waals surface area (Å²) in [4.78, 5) is 30.4. The standard InChI is InChI=1S/C21H19ClN2O4/c22-14-7-5-13(6-8-14)15-11-24(12-16(15)21(26)27)20(25)10-9-19-23-17-3-1-2-4-18(17)28-19/h1-8,15-16H,9-12H2,(H,26,27)/t15-,16+/m0/s1. The summed E-state index contributed by atoms with van der Waals surface area (Å²) in [6, 6.07) is 14.6. The van der Waals surface area contributed by atoms with Crippen LogP contribution in [0.3, 0.4) is 0 Å². The number of para-hydroxylation sites is 2. The van der Waals surface area contributed by atoms with Crippen LogP contribution < -0.4 is 0 Å². The summed E-state index contributed by atoms with van der Waals surface area (Å²) in [7, 11) is 0. The average Bonchev–Trinajstić information content (AvgIpc) is 3.31. The van der Waals surface area contributed by atoms with E-state index < -0.39 is 11.9 Å². The molecule has 2 aromatic carbocycles. The van der Waals surface area contributed by atoms with Gasteiger partial charge in [-0.3, -0.25) is 9.59 Å². The summed E-state index contributed by atoms with van der Waals surface area (Å²) >= 11 is 5.93. The fourth-order valence-corrected chi connectivity index (χ4v) is 3.83. The highest BCUT2D eigenvalue weighted by Crippen LogP contribution is 2.34. The molecule has 4 rings (SSSR count). The Morgan fingerprint density at radius 2 is 1.89 bits per heavy atom. The van der Waals surface area contributed by atoms with Crippen molar-refractivity contribution in [3.63, 3.8) is 0 Å². The number of aliphatic carboxylic acids is 1. The fraction of sp³-hybridized carbons (Fsp3) is 0.286. The van der Waals surface area contributed by atoms with Crippen LogP contribution in [-0.2, 0) is 16.0 Å². The summed E-state index contributed by atoms with van der Waals surface area (Å²) in [6.45, 7) is 0.583. The molecule has 1 amide bonds. The van der Waals surface area contributed by atoms with E-state index in [2.05, 4.69) is 4.98 Å². The molecule has 1 N–H and O–H groups in total. The van der Waals surface area contributed by atoms with Gasteiger partial charge in [0.1, 0.15) is 5.52 Å². The lowest BCUT2D eigenvalue weighted by Crippen LogP contribution is -2.30. The first-order valence-electron chi connectivity index (χ1n) is 9.12. The lowest BCUT2D eigenvalue weighted by atomic mass is 9.89. The molecule has 1 fully saturated rings. The second kappa shape index (κ2) is 7.64. The van der Waals surface area contributed by atoms with Crippen molar-refractivity contribution in [1.29, 1.82) is 0 Å². The summed E-state index contributed by atoms with van der Waals surface area (Å²) in [6.07, 6.45) is 0.611. The molecule has 6 nitrogen and oxygen atoms in total. The summed E-state index contributed by atoms with van der Waals surface area (Å²) in [5, 5.41) is 10.2. The molecule has 0 unspecified atom stereocenters. The third-order valence-corrected chi connectivity index (χ3v) is 5.43. The minimum absolute atomic E-state index is 0.0926. The molecule has 3 aromatic rings. The molecule has 7 heteroatoms. The minimum atomic E-state index is -0.894. The Morgan fingerprint density at radius 3 is 2.61 bits per heavy atom. The van der Waals surface area contributed by atoms with Gasteiger partial charge in [0.2, 0.25) is 5.91 Å². The zero-order chi connectivity index (χ0) is 19.7. The molecule has 1 saturated heterocycles. The highest BCUT2D eigenvalue weighted by Gasteiger charge is 2.40. The van der Waals surface area contributed by atoms with E-state index in [0.29, 0.717) is 29.5 Å². The number of oxazole rings is 1. The van der Waals surface area contributed by atoms with Crippen LogP contribution in [0, 0.1) is 5.92 Å². The Balaban J connectivity index is 1.43. The summed E-state index contributed by atoms with van der Waals surface area (Å²) in [5.41, 5.74) is 2.34. The molecule has 1 aromatic heterocycles. The predicted octanol–water partition coefficient (Wildman–Crippen LogP) is 3.74. The van der Waals surface area contributed by atoms with Crippen molar-refractivity contribution >= 4 is 34.6 Å². The molecule has 28 heavy (non-hydrogen) atoms. The van der Waals surface area contributed by atoms with Crippen LogP contribution in [0.5, 0.6) is 0 Å². The first-order chi connectivity index (χ1) is 13.5. The molecular weight excluding hydrogens is 380 g/mol. The van der Waals surface area contributed by atoms with Gasteiger partial charge in [0.15, 0.2) is 11.5 Å². The number of rotatable bonds is 5. The van der Waals surface area contributed by atoms with Crippen molar-refractivity contribution in [1.82, 2.24) is 9.88 Å². The maximum Gasteiger partial charge on any atom is 0.308 e. The van der Waals surface area contributed by atoms with Gasteiger partial charge in [0, 0.05) is 36.9 Å². The van der Waals surface area contributed by atoms with Gasteiger partial charge in [0.05, 0.1) is 5.92 Å². The van der Waals surface area contributed by atoms with Gasteiger partial charge in [-0.05, 0) is 29.8 Å². The maximum absolute atomic E-state index is 12.7. The monoisotopic (exact) mass is 398 g/mol. The molecule has 144 valence electrons. The number of aryl methyl sites for hydroxylation is 1. The fourth-order valence-electron chi connectivity index (χ4n) is 3.70. The zero-order valence-electron chi connectivity index (χ0n) is 15.0. The molecule has 0 aliphatic carbocycles. The Kier molecular flexibility index (Phi) is 5.05. The third-order valence-electron chi connectivity index (χ3n) is 5.18. The second-order valence-electron chi connectivity index (χ2n) is 6.98. The number of amides is 1. The highest BCUT2D eigenvalue weighted by molar-refractivity contribution is 6.30. The van der Waals surface area contributed by atoms with Gasteiger partial charge in [-0.2, -0.15) is 0 Å². The van der Waals surface area contributed by atoms with Crippen molar-refractivity contribution < 1.29 is 19.1 Å². The number of likely N-dealkylation sites (tertiary alicyclic amines) is 1. The van der Waals surface area contributed by atoms with Gasteiger partial charge in [-0.1, -0.05) is 35.9 Å². The number of fused-ring (bicyclic) bond motifs is 1. The number of carboxylic acids is 1. The lowest BCUT2D eigenvalue weighted by Gasteiger charge is -2.16. The van der Waals surface area contributed by atoms with Crippen LogP contribution in [0.1, 0.15) is 23.8 Å². The predicted molar refractivity (Wildman–Crippen MR) is 104 cm³/mol. The molecule has 2 atom stereocenters. The number of benzene rings is 2. The van der Waals surface area contributed by atoms with E-state index in [1.54, 1.807) is 17.0 Å². The van der Waals surface area contributed by atoms with Crippen LogP contribution in [0.2, 0.25) is 5.02 Å². The number of hydrogen-bond acceptors (Lipinski definition) is 4. The number of carboxylic acid groups (broad SMARTS) is 1. The number of halogens is 1. The highest BCUT2D eigenvalue weighted by atomic mass is 35.5. The van der Waals surface area contributed by atoms with Gasteiger partial charge in [-0.25, -0.2) is 4.98 Å². The van der Waals surface area contributed by atoms with Gasteiger partial charge in [-0.15, -0.1) is 0 Å². The van der Waals surface area contributed by atoms with Crippen LogP contribution >= 0.6 is 11.6 Å². The average molecular weight is 399 g/mol. The number of nitrogens with zero attached hydrogens (tertiary/aromatic N) is 2. The van der Waals surface area contributed by atoms with E-state index in [-0.39, 0.29) is 24.8 Å². The van der Waals surface area contributed by atoms with Crippen molar-refractivity contribution in [3.05, 3.63) is 65.0 Å². The third kappa shape index (κ3) is 3.73. The van der Waals surface area contributed by atoms with Crippen LogP contribution in [0.25, 0.3) is 11.1 Å². The van der Waals surface area contributed by atoms with E-state index in [0.717, 1.165) is 11.1 Å². The molecule has 0 saturated carbocycles. The quantitative estimate of drug-likeness (QED) is 0.707. The minimum Gasteiger partial charge on any atom is -0.481 e. The first-order valence-corrected chi connectivity index (χ1v) is 9.49. The molecule has 1 aliphatic heterocycles. The van der Waals surface area contributed by atoms with Crippen LogP contribution in [0.4, 0.5) is 0 Å². The Labute approximate surface area is 166 Å². The smallest absolute Gasteiger partial charge is 0.308 e. The number of carbonyl (C=O) groups is 2. The SMILES string of the molecule is O=C(O)[C@@H]1CN(C(=O)CCc2nc3ccccc3o2)C[C@H]1c1ccc(Cl)cc1. The number of carbonyl (C=O) groups excluding carboxylic acids is 1. The lowest BCUT2D eigenvalue weighted by molar-refractivity contribution is -0.141. The van der Waals surface area contributed by atoms with Gasteiger partial charge < -0.3 is 14.4 Å². The normalized spacial score (nSPS) is 19.2. The zero-order valence-corrected chi connectivity index (χ0v) is 15.8. The maximum atomic E-state index is 12.7. The van der Waals surface area contributed by atoms with E-state index in [4.69, 9.17) is 16.0 Å². The van der Waals surface area contributed by atoms with Crippen molar-refractivity contribution in [2.24, 2.45) is 5.92 Å². The number of aromatic nitrogens is 1. The Hall–Kier alpha value is -2.86. The Morgan fingerprint density at radius 1 is 1.14 bits per heavy atom. The molecule has 0 spiro atoms. The van der Waals surface area contributed by atoms with Crippen LogP contribution in [-0.4, -0.2) is 40.0 Å². The Bertz CT molecular complexity index is 982. The van der Waals surface area contributed by atoms with Crippen LogP contribution in [0.15, 0.2) is 52.9 Å². The largest absolute Gasteiger partial charge is 0.481 e. The van der Waals surface area contributed by atoms with Gasteiger partial charge >= 0.3 is 5.97 Å². The second-order valence-corrected chi connectivity index (χ2v) is 7.41. The molecule has 0 radical (unpaired) electrons. The molecule has 0 bridgehead atoms. The molecule has 1 aliphatic rings. The van der Waals surface area contributed by atoms with E-state index in [9.17, 15) is 14.7 Å². The number of hydrogen-bond donors (Lipinski definition) is 1. The van der Waals surface area contributed by atoms with E-state index in [1.807, 2.05) is 36.4 Å². The molecular formula is C21H19ClN2O4. The van der Waals surface area contributed by atoms with E-state index in [1.165, 1.54) is 0 Å². The topological polar surface area (TPSA) is 83.6 Å². The van der Waals surface area contributed by atoms with Gasteiger partial charge in [0.25, 0.3) is 0 Å². The van der Waals surface area contributed by atoms with E-state index >= 15 is 0 Å². The van der Waals surface area contributed by atoms with Crippen molar-refractivity contribution in [3.8, 4) is 0 Å². The summed E-state index contributed by atoms with van der Waals surface area (Å²) in [5.74, 6) is -1.35. The summed E-state index contributed by atoms with van der Waals surface area (Å²) < 4.78 is 5.65. The van der Waals surface area contributed by atoms with Crippen molar-refractivity contribution in [2.75, 3.05) is 13.1 Å². The first kappa shape index (κ1) is 18.5. The molecule has 2 heterocycles.